The second-order valence-electron chi connectivity index (χ2n) is 4.00. The smallest absolute Gasteiger partial charge is 0.141 e. The van der Waals surface area contributed by atoms with E-state index in [2.05, 4.69) is 4.98 Å². The van der Waals surface area contributed by atoms with Crippen molar-refractivity contribution in [3.05, 3.63) is 23.0 Å². The predicted octanol–water partition coefficient (Wildman–Crippen LogP) is 1.86. The molecule has 0 aromatic carbocycles. The quantitative estimate of drug-likeness (QED) is 0.757. The predicted molar refractivity (Wildman–Crippen MR) is 65.5 cm³/mol. The van der Waals surface area contributed by atoms with Crippen molar-refractivity contribution in [3.63, 3.8) is 0 Å². The molecule has 0 aliphatic rings. The number of ether oxygens (including phenoxy) is 2. The molecule has 4 heteroatoms. The van der Waals surface area contributed by atoms with Gasteiger partial charge in [-0.2, -0.15) is 0 Å². The topological polar surface area (TPSA) is 48.4 Å². The molecule has 0 saturated carbocycles. The highest BCUT2D eigenvalue weighted by Crippen LogP contribution is 2.24. The summed E-state index contributed by atoms with van der Waals surface area (Å²) in [7, 11) is 3.22. The molecule has 0 unspecified atom stereocenters. The van der Waals surface area contributed by atoms with Crippen molar-refractivity contribution in [3.8, 4) is 5.75 Å². The lowest BCUT2D eigenvalue weighted by Crippen LogP contribution is -2.09. The van der Waals surface area contributed by atoms with Crippen LogP contribution in [0, 0.1) is 13.8 Å². The third-order valence-electron chi connectivity index (χ3n) is 2.70. The summed E-state index contributed by atoms with van der Waals surface area (Å²) in [5.41, 5.74) is 2.71. The molecule has 0 spiro atoms. The summed E-state index contributed by atoms with van der Waals surface area (Å²) in [4.78, 5) is 15.9. The standard InChI is InChI=1S/C13H19NO3/c1-9-8-14-12(10(2)13(9)17-4)7-11(15)5-6-16-3/h8H,5-7H2,1-4H3. The third kappa shape index (κ3) is 3.53. The van der Waals surface area contributed by atoms with Gasteiger partial charge in [0.15, 0.2) is 0 Å². The van der Waals surface area contributed by atoms with Gasteiger partial charge in [0.1, 0.15) is 11.5 Å². The van der Waals surface area contributed by atoms with Crippen LogP contribution in [0.4, 0.5) is 0 Å². The molecule has 0 aliphatic heterocycles. The molecule has 1 rings (SSSR count). The van der Waals surface area contributed by atoms with E-state index in [1.165, 1.54) is 0 Å². The molecular formula is C13H19NO3. The molecule has 4 nitrogen and oxygen atoms in total. The molecular weight excluding hydrogens is 218 g/mol. The summed E-state index contributed by atoms with van der Waals surface area (Å²) in [6.45, 7) is 4.33. The molecule has 0 fully saturated rings. The molecule has 0 bridgehead atoms. The SMILES string of the molecule is COCCC(=O)Cc1ncc(C)c(OC)c1C. The van der Waals surface area contributed by atoms with E-state index in [0.717, 1.165) is 22.6 Å². The van der Waals surface area contributed by atoms with Crippen molar-refractivity contribution < 1.29 is 14.3 Å². The fraction of sp³-hybridized carbons (Fsp3) is 0.538. The minimum Gasteiger partial charge on any atom is -0.496 e. The number of rotatable bonds is 6. The Hall–Kier alpha value is -1.42. The number of Topliss-reactive ketones (excluding diaryl/α,β-unsaturated/α-hetero) is 1. The maximum atomic E-state index is 11.6. The molecule has 94 valence electrons. The summed E-state index contributed by atoms with van der Waals surface area (Å²) in [5.74, 6) is 0.947. The zero-order valence-electron chi connectivity index (χ0n) is 10.9. The van der Waals surface area contributed by atoms with Gasteiger partial charge in [-0.3, -0.25) is 9.78 Å². The summed E-state index contributed by atoms with van der Waals surface area (Å²) in [6, 6.07) is 0. The van der Waals surface area contributed by atoms with Crippen LogP contribution in [-0.4, -0.2) is 31.6 Å². The Labute approximate surface area is 102 Å². The third-order valence-corrected chi connectivity index (χ3v) is 2.70. The average molecular weight is 237 g/mol. The van der Waals surface area contributed by atoms with Crippen LogP contribution >= 0.6 is 0 Å². The van der Waals surface area contributed by atoms with Gasteiger partial charge in [-0.25, -0.2) is 0 Å². The molecule has 0 radical (unpaired) electrons. The molecule has 0 saturated heterocycles. The van der Waals surface area contributed by atoms with Crippen molar-refractivity contribution in [1.82, 2.24) is 4.98 Å². The molecule has 17 heavy (non-hydrogen) atoms. The van der Waals surface area contributed by atoms with Crippen LogP contribution in [0.1, 0.15) is 23.2 Å². The molecule has 0 N–H and O–H groups in total. The number of nitrogens with zero attached hydrogens (tertiary/aromatic N) is 1. The molecule has 1 heterocycles. The van der Waals surface area contributed by atoms with Crippen LogP contribution in [-0.2, 0) is 16.0 Å². The fourth-order valence-electron chi connectivity index (χ4n) is 1.74. The Morgan fingerprint density at radius 2 is 2.06 bits per heavy atom. The van der Waals surface area contributed by atoms with Gasteiger partial charge in [0.05, 0.1) is 19.4 Å². The number of carbonyl (C=O) groups is 1. The maximum absolute atomic E-state index is 11.6. The minimum atomic E-state index is 0.133. The van der Waals surface area contributed by atoms with Crippen LogP contribution in [0.2, 0.25) is 0 Å². The van der Waals surface area contributed by atoms with E-state index in [1.54, 1.807) is 20.4 Å². The lowest BCUT2D eigenvalue weighted by atomic mass is 10.1. The highest BCUT2D eigenvalue weighted by atomic mass is 16.5. The van der Waals surface area contributed by atoms with Crippen LogP contribution in [0.5, 0.6) is 5.75 Å². The summed E-state index contributed by atoms with van der Waals surface area (Å²) < 4.78 is 10.2. The van der Waals surface area contributed by atoms with Crippen molar-refractivity contribution in [2.24, 2.45) is 0 Å². The van der Waals surface area contributed by atoms with Crippen LogP contribution in [0.15, 0.2) is 6.20 Å². The first kappa shape index (κ1) is 13.6. The average Bonchev–Trinajstić information content (AvgIpc) is 2.31. The van der Waals surface area contributed by atoms with E-state index in [-0.39, 0.29) is 5.78 Å². The summed E-state index contributed by atoms with van der Waals surface area (Å²) in [6.07, 6.45) is 2.50. The van der Waals surface area contributed by atoms with Gasteiger partial charge in [-0.05, 0) is 13.8 Å². The number of hydrogen-bond acceptors (Lipinski definition) is 4. The van der Waals surface area contributed by atoms with Crippen LogP contribution in [0.3, 0.4) is 0 Å². The van der Waals surface area contributed by atoms with Gasteiger partial charge < -0.3 is 9.47 Å². The van der Waals surface area contributed by atoms with Gasteiger partial charge in [0.2, 0.25) is 0 Å². The van der Waals surface area contributed by atoms with Gasteiger partial charge in [-0.1, -0.05) is 0 Å². The molecule has 0 aliphatic carbocycles. The lowest BCUT2D eigenvalue weighted by molar-refractivity contribution is -0.119. The summed E-state index contributed by atoms with van der Waals surface area (Å²) >= 11 is 0. The molecule has 0 atom stereocenters. The number of carbonyl (C=O) groups excluding carboxylic acids is 1. The van der Waals surface area contributed by atoms with E-state index in [1.807, 2.05) is 13.8 Å². The molecule has 1 aromatic rings. The Morgan fingerprint density at radius 3 is 2.65 bits per heavy atom. The first-order valence-electron chi connectivity index (χ1n) is 5.59. The highest BCUT2D eigenvalue weighted by molar-refractivity contribution is 5.81. The number of pyridine rings is 1. The van der Waals surface area contributed by atoms with Crippen LogP contribution < -0.4 is 4.74 Å². The fourth-order valence-corrected chi connectivity index (χ4v) is 1.74. The largest absolute Gasteiger partial charge is 0.496 e. The van der Waals surface area contributed by atoms with Gasteiger partial charge in [0.25, 0.3) is 0 Å². The Balaban J connectivity index is 2.81. The second-order valence-corrected chi connectivity index (χ2v) is 4.00. The van der Waals surface area contributed by atoms with Crippen molar-refractivity contribution in [1.29, 1.82) is 0 Å². The Morgan fingerprint density at radius 1 is 1.35 bits per heavy atom. The Kier molecular flexibility index (Phi) is 5.10. The second kappa shape index (κ2) is 6.35. The number of hydrogen-bond donors (Lipinski definition) is 0. The van der Waals surface area contributed by atoms with E-state index >= 15 is 0 Å². The van der Waals surface area contributed by atoms with Crippen LogP contribution in [0.25, 0.3) is 0 Å². The number of aromatic nitrogens is 1. The zero-order chi connectivity index (χ0) is 12.8. The molecule has 0 amide bonds. The highest BCUT2D eigenvalue weighted by Gasteiger charge is 2.12. The van der Waals surface area contributed by atoms with E-state index in [9.17, 15) is 4.79 Å². The van der Waals surface area contributed by atoms with E-state index in [0.29, 0.717) is 19.4 Å². The van der Waals surface area contributed by atoms with E-state index in [4.69, 9.17) is 9.47 Å². The van der Waals surface area contributed by atoms with Crippen molar-refractivity contribution in [2.45, 2.75) is 26.7 Å². The van der Waals surface area contributed by atoms with Gasteiger partial charge in [0, 0.05) is 37.3 Å². The van der Waals surface area contributed by atoms with Crippen molar-refractivity contribution >= 4 is 5.78 Å². The first-order valence-corrected chi connectivity index (χ1v) is 5.59. The minimum absolute atomic E-state index is 0.133. The lowest BCUT2D eigenvalue weighted by Gasteiger charge is -2.11. The number of methoxy groups -OCH3 is 2. The van der Waals surface area contributed by atoms with Gasteiger partial charge in [-0.15, -0.1) is 0 Å². The first-order chi connectivity index (χ1) is 8.10. The molecule has 1 aromatic heterocycles. The monoisotopic (exact) mass is 237 g/mol. The van der Waals surface area contributed by atoms with E-state index < -0.39 is 0 Å². The maximum Gasteiger partial charge on any atom is 0.141 e. The van der Waals surface area contributed by atoms with Crippen molar-refractivity contribution in [2.75, 3.05) is 20.8 Å². The number of ketones is 1. The summed E-state index contributed by atoms with van der Waals surface area (Å²) in [5, 5.41) is 0. The van der Waals surface area contributed by atoms with Gasteiger partial charge >= 0.3 is 0 Å². The zero-order valence-corrected chi connectivity index (χ0v) is 10.9. The number of aryl methyl sites for hydroxylation is 1. The normalized spacial score (nSPS) is 10.4. The Bertz CT molecular complexity index is 402.